The van der Waals surface area contributed by atoms with E-state index in [4.69, 9.17) is 10.7 Å². The number of aryl methyl sites for hydroxylation is 1. The van der Waals surface area contributed by atoms with Gasteiger partial charge in [-0.3, -0.25) is 0 Å². The van der Waals surface area contributed by atoms with Gasteiger partial charge in [-0.1, -0.05) is 26.7 Å². The Morgan fingerprint density at radius 1 is 1.28 bits per heavy atom. The van der Waals surface area contributed by atoms with Crippen molar-refractivity contribution < 1.29 is 0 Å². The van der Waals surface area contributed by atoms with Crippen LogP contribution in [0.2, 0.25) is 0 Å². The Labute approximate surface area is 115 Å². The van der Waals surface area contributed by atoms with Crippen molar-refractivity contribution in [2.24, 2.45) is 5.73 Å². The summed E-state index contributed by atoms with van der Waals surface area (Å²) < 4.78 is 0. The average molecular weight is 269 g/mol. The number of hydrogen-bond donors (Lipinski definition) is 1. The zero-order valence-corrected chi connectivity index (χ0v) is 13.0. The first-order valence-corrected chi connectivity index (χ1v) is 7.90. The molecular formula is C14H27N3S. The van der Waals surface area contributed by atoms with Gasteiger partial charge in [0.1, 0.15) is 0 Å². The minimum absolute atomic E-state index is 0.503. The lowest BCUT2D eigenvalue weighted by Gasteiger charge is -2.26. The Hall–Kier alpha value is -0.610. The standard InChI is InChI=1S/C14H27N3S/c1-5-7-8-9-17(11(3)4)14-16-12(6-2)13(10-15)18-14/h11H,5-10,15H2,1-4H3. The minimum Gasteiger partial charge on any atom is -0.346 e. The predicted molar refractivity (Wildman–Crippen MR) is 81.4 cm³/mol. The third-order valence-electron chi connectivity index (χ3n) is 3.16. The lowest BCUT2D eigenvalue weighted by Crippen LogP contribution is -2.31. The molecule has 0 aromatic carbocycles. The summed E-state index contributed by atoms with van der Waals surface area (Å²) >= 11 is 1.77. The fraction of sp³-hybridized carbons (Fsp3) is 0.786. The Bertz CT molecular complexity index is 325. The fourth-order valence-electron chi connectivity index (χ4n) is 2.04. The molecule has 0 aliphatic heterocycles. The van der Waals surface area contributed by atoms with Gasteiger partial charge in [0.15, 0.2) is 5.13 Å². The van der Waals surface area contributed by atoms with Crippen molar-refractivity contribution in [2.75, 3.05) is 11.4 Å². The lowest BCUT2D eigenvalue weighted by molar-refractivity contribution is 0.624. The summed E-state index contributed by atoms with van der Waals surface area (Å²) in [5.74, 6) is 0. The van der Waals surface area contributed by atoms with Gasteiger partial charge in [0.2, 0.25) is 0 Å². The van der Waals surface area contributed by atoms with Crippen LogP contribution in [-0.4, -0.2) is 17.6 Å². The van der Waals surface area contributed by atoms with E-state index >= 15 is 0 Å². The van der Waals surface area contributed by atoms with E-state index in [0.717, 1.165) is 18.1 Å². The van der Waals surface area contributed by atoms with E-state index < -0.39 is 0 Å². The topological polar surface area (TPSA) is 42.2 Å². The van der Waals surface area contributed by atoms with Gasteiger partial charge in [-0.2, -0.15) is 0 Å². The highest BCUT2D eigenvalue weighted by Crippen LogP contribution is 2.28. The summed E-state index contributed by atoms with van der Waals surface area (Å²) in [6, 6.07) is 0.503. The number of hydrogen-bond acceptors (Lipinski definition) is 4. The van der Waals surface area contributed by atoms with Gasteiger partial charge < -0.3 is 10.6 Å². The monoisotopic (exact) mass is 269 g/mol. The zero-order valence-electron chi connectivity index (χ0n) is 12.2. The zero-order chi connectivity index (χ0) is 13.5. The van der Waals surface area contributed by atoms with Crippen molar-refractivity contribution in [1.82, 2.24) is 4.98 Å². The van der Waals surface area contributed by atoms with E-state index in [1.807, 2.05) is 0 Å². The van der Waals surface area contributed by atoms with Crippen LogP contribution in [0.15, 0.2) is 0 Å². The molecule has 0 aliphatic rings. The maximum Gasteiger partial charge on any atom is 0.186 e. The molecule has 0 amide bonds. The summed E-state index contributed by atoms with van der Waals surface area (Å²) in [5.41, 5.74) is 6.97. The van der Waals surface area contributed by atoms with Crippen LogP contribution in [0.5, 0.6) is 0 Å². The molecule has 4 heteroatoms. The van der Waals surface area contributed by atoms with Crippen molar-refractivity contribution in [3.63, 3.8) is 0 Å². The summed E-state index contributed by atoms with van der Waals surface area (Å²) in [6.07, 6.45) is 4.77. The van der Waals surface area contributed by atoms with E-state index in [2.05, 4.69) is 32.6 Å². The summed E-state index contributed by atoms with van der Waals surface area (Å²) in [7, 11) is 0. The predicted octanol–water partition coefficient (Wildman–Crippen LogP) is 3.57. The maximum absolute atomic E-state index is 5.79. The van der Waals surface area contributed by atoms with E-state index in [1.165, 1.54) is 29.8 Å². The Morgan fingerprint density at radius 3 is 2.44 bits per heavy atom. The number of unbranched alkanes of at least 4 members (excludes halogenated alkanes) is 2. The first kappa shape index (κ1) is 15.4. The largest absolute Gasteiger partial charge is 0.346 e. The van der Waals surface area contributed by atoms with Gasteiger partial charge in [-0.05, 0) is 26.7 Å². The van der Waals surface area contributed by atoms with Crippen molar-refractivity contribution in [3.8, 4) is 0 Å². The van der Waals surface area contributed by atoms with E-state index in [9.17, 15) is 0 Å². The SMILES string of the molecule is CCCCCN(c1nc(CC)c(CN)s1)C(C)C. The molecule has 18 heavy (non-hydrogen) atoms. The normalized spacial score (nSPS) is 11.2. The second-order valence-electron chi connectivity index (χ2n) is 4.92. The molecular weight excluding hydrogens is 242 g/mol. The number of thiazole rings is 1. The lowest BCUT2D eigenvalue weighted by atomic mass is 10.2. The van der Waals surface area contributed by atoms with Gasteiger partial charge in [0.05, 0.1) is 5.69 Å². The van der Waals surface area contributed by atoms with E-state index in [0.29, 0.717) is 12.6 Å². The highest BCUT2D eigenvalue weighted by Gasteiger charge is 2.16. The van der Waals surface area contributed by atoms with Crippen LogP contribution in [0, 0.1) is 0 Å². The molecule has 0 bridgehead atoms. The fourth-order valence-corrected chi connectivity index (χ4v) is 3.22. The first-order valence-electron chi connectivity index (χ1n) is 7.09. The van der Waals surface area contributed by atoms with Gasteiger partial charge in [0.25, 0.3) is 0 Å². The molecule has 104 valence electrons. The van der Waals surface area contributed by atoms with Crippen LogP contribution < -0.4 is 10.6 Å². The highest BCUT2D eigenvalue weighted by molar-refractivity contribution is 7.15. The minimum atomic E-state index is 0.503. The number of nitrogens with two attached hydrogens (primary N) is 1. The molecule has 0 radical (unpaired) electrons. The Kier molecular flexibility index (Phi) is 6.65. The van der Waals surface area contributed by atoms with Crippen molar-refractivity contribution in [3.05, 3.63) is 10.6 Å². The number of anilines is 1. The third kappa shape index (κ3) is 3.95. The molecule has 0 saturated carbocycles. The summed E-state index contributed by atoms with van der Waals surface area (Å²) in [5, 5.41) is 1.15. The number of nitrogens with zero attached hydrogens (tertiary/aromatic N) is 2. The van der Waals surface area contributed by atoms with Gasteiger partial charge in [0, 0.05) is 24.0 Å². The molecule has 0 fully saturated rings. The Morgan fingerprint density at radius 2 is 2.00 bits per heavy atom. The number of rotatable bonds is 8. The third-order valence-corrected chi connectivity index (χ3v) is 4.32. The second kappa shape index (κ2) is 7.74. The van der Waals surface area contributed by atoms with Crippen molar-refractivity contribution in [2.45, 2.75) is 66.0 Å². The van der Waals surface area contributed by atoms with Gasteiger partial charge in [-0.15, -0.1) is 11.3 Å². The van der Waals surface area contributed by atoms with Crippen LogP contribution >= 0.6 is 11.3 Å². The maximum atomic E-state index is 5.79. The molecule has 2 N–H and O–H groups in total. The quantitative estimate of drug-likeness (QED) is 0.734. The first-order chi connectivity index (χ1) is 8.63. The smallest absolute Gasteiger partial charge is 0.186 e. The van der Waals surface area contributed by atoms with Gasteiger partial charge >= 0.3 is 0 Å². The van der Waals surface area contributed by atoms with Gasteiger partial charge in [-0.25, -0.2) is 4.98 Å². The highest BCUT2D eigenvalue weighted by atomic mass is 32.1. The van der Waals surface area contributed by atoms with Crippen LogP contribution in [0.1, 0.15) is 57.5 Å². The molecule has 1 heterocycles. The molecule has 1 aromatic heterocycles. The van der Waals surface area contributed by atoms with Crippen molar-refractivity contribution >= 4 is 16.5 Å². The summed E-state index contributed by atoms with van der Waals surface area (Å²) in [4.78, 5) is 8.42. The molecule has 0 atom stereocenters. The Balaban J connectivity index is 2.81. The molecule has 0 saturated heterocycles. The molecule has 0 aliphatic carbocycles. The van der Waals surface area contributed by atoms with Crippen LogP contribution in [0.25, 0.3) is 0 Å². The van der Waals surface area contributed by atoms with E-state index in [1.54, 1.807) is 11.3 Å². The molecule has 0 spiro atoms. The summed E-state index contributed by atoms with van der Waals surface area (Å²) in [6.45, 7) is 10.6. The number of aromatic nitrogens is 1. The van der Waals surface area contributed by atoms with Crippen LogP contribution in [0.4, 0.5) is 5.13 Å². The second-order valence-corrected chi connectivity index (χ2v) is 5.98. The van der Waals surface area contributed by atoms with Crippen LogP contribution in [0.3, 0.4) is 0 Å². The average Bonchev–Trinajstić information content (AvgIpc) is 2.77. The molecule has 1 aromatic rings. The molecule has 3 nitrogen and oxygen atoms in total. The van der Waals surface area contributed by atoms with E-state index in [-0.39, 0.29) is 0 Å². The molecule has 0 unspecified atom stereocenters. The molecule has 1 rings (SSSR count). The van der Waals surface area contributed by atoms with Crippen molar-refractivity contribution in [1.29, 1.82) is 0 Å². The van der Waals surface area contributed by atoms with Crippen LogP contribution in [-0.2, 0) is 13.0 Å².